The Hall–Kier alpha value is -1.98. The first-order valence-electron chi connectivity index (χ1n) is 7.03. The zero-order chi connectivity index (χ0) is 15.2. The molecule has 1 aromatic carbocycles. The fourth-order valence-corrected chi connectivity index (χ4v) is 2.04. The standard InChI is InChI=1S/C16H21N3O2.ClH/c1-12(2)19-10-3-4-15(19)16(20)18-13-5-7-14(8-6-13)21-11-9-17;/h3-8,10,12H,9,11,17H2,1-2H3,(H,18,20);1H. The third kappa shape index (κ3) is 4.51. The number of carbonyl (C=O) groups is 1. The van der Waals surface area contributed by atoms with E-state index in [0.29, 0.717) is 18.8 Å². The largest absolute Gasteiger partial charge is 0.492 e. The van der Waals surface area contributed by atoms with Crippen molar-refractivity contribution in [1.82, 2.24) is 4.57 Å². The minimum atomic E-state index is -0.121. The number of nitrogens with two attached hydrogens (primary N) is 1. The van der Waals surface area contributed by atoms with Gasteiger partial charge in [0.1, 0.15) is 18.1 Å². The predicted molar refractivity (Wildman–Crippen MR) is 91.0 cm³/mol. The van der Waals surface area contributed by atoms with Crippen molar-refractivity contribution in [2.45, 2.75) is 19.9 Å². The molecule has 0 aliphatic rings. The molecule has 0 aliphatic carbocycles. The Balaban J connectivity index is 0.00000242. The van der Waals surface area contributed by atoms with Crippen molar-refractivity contribution < 1.29 is 9.53 Å². The van der Waals surface area contributed by atoms with Gasteiger partial charge in [-0.05, 0) is 50.2 Å². The third-order valence-corrected chi connectivity index (χ3v) is 3.07. The molecule has 120 valence electrons. The molecular weight excluding hydrogens is 302 g/mol. The number of rotatable bonds is 6. The molecule has 6 heteroatoms. The summed E-state index contributed by atoms with van der Waals surface area (Å²) in [5.41, 5.74) is 6.76. The molecule has 1 heterocycles. The number of nitrogens with zero attached hydrogens (tertiary/aromatic N) is 1. The molecule has 22 heavy (non-hydrogen) atoms. The number of hydrogen-bond donors (Lipinski definition) is 2. The van der Waals surface area contributed by atoms with Gasteiger partial charge in [0.25, 0.3) is 5.91 Å². The van der Waals surface area contributed by atoms with Gasteiger partial charge in [-0.3, -0.25) is 4.79 Å². The Labute approximate surface area is 136 Å². The van der Waals surface area contributed by atoms with Crippen molar-refractivity contribution in [2.75, 3.05) is 18.5 Å². The Kier molecular flexibility index (Phi) is 6.95. The van der Waals surface area contributed by atoms with E-state index in [1.54, 1.807) is 0 Å². The second kappa shape index (κ2) is 8.46. The van der Waals surface area contributed by atoms with Gasteiger partial charge >= 0.3 is 0 Å². The SMILES string of the molecule is CC(C)n1cccc1C(=O)Nc1ccc(OCCN)cc1.Cl. The maximum atomic E-state index is 12.3. The molecule has 0 aliphatic heterocycles. The van der Waals surface area contributed by atoms with Crippen LogP contribution in [0.25, 0.3) is 0 Å². The van der Waals surface area contributed by atoms with E-state index in [-0.39, 0.29) is 24.4 Å². The smallest absolute Gasteiger partial charge is 0.272 e. The van der Waals surface area contributed by atoms with Crippen molar-refractivity contribution in [3.05, 3.63) is 48.3 Å². The average Bonchev–Trinajstić information content (AvgIpc) is 2.96. The van der Waals surface area contributed by atoms with Crippen molar-refractivity contribution in [1.29, 1.82) is 0 Å². The first-order chi connectivity index (χ1) is 10.1. The number of carbonyl (C=O) groups excluding carboxylic acids is 1. The lowest BCUT2D eigenvalue weighted by Crippen LogP contribution is -2.17. The van der Waals surface area contributed by atoms with Crippen LogP contribution >= 0.6 is 12.4 Å². The summed E-state index contributed by atoms with van der Waals surface area (Å²) in [6.07, 6.45) is 1.91. The van der Waals surface area contributed by atoms with Crippen LogP contribution in [0.3, 0.4) is 0 Å². The maximum absolute atomic E-state index is 12.3. The lowest BCUT2D eigenvalue weighted by atomic mass is 10.3. The lowest BCUT2D eigenvalue weighted by Gasteiger charge is -2.13. The number of ether oxygens (including phenoxy) is 1. The Morgan fingerprint density at radius 3 is 2.55 bits per heavy atom. The van der Waals surface area contributed by atoms with Crippen LogP contribution in [-0.2, 0) is 0 Å². The van der Waals surface area contributed by atoms with Gasteiger partial charge in [0, 0.05) is 24.5 Å². The van der Waals surface area contributed by atoms with Crippen LogP contribution in [0.1, 0.15) is 30.4 Å². The molecule has 3 N–H and O–H groups in total. The molecule has 0 unspecified atom stereocenters. The molecule has 2 rings (SSSR count). The number of hydrogen-bond acceptors (Lipinski definition) is 3. The quantitative estimate of drug-likeness (QED) is 0.858. The first-order valence-corrected chi connectivity index (χ1v) is 7.03. The minimum absolute atomic E-state index is 0. The van der Waals surface area contributed by atoms with Crippen molar-refractivity contribution in [2.24, 2.45) is 5.73 Å². The number of aromatic nitrogens is 1. The molecule has 0 spiro atoms. The van der Waals surface area contributed by atoms with E-state index in [9.17, 15) is 4.79 Å². The van der Waals surface area contributed by atoms with E-state index in [1.165, 1.54) is 0 Å². The third-order valence-electron chi connectivity index (χ3n) is 3.07. The minimum Gasteiger partial charge on any atom is -0.492 e. The van der Waals surface area contributed by atoms with Crippen molar-refractivity contribution in [3.8, 4) is 5.75 Å². The number of nitrogens with one attached hydrogen (secondary N) is 1. The van der Waals surface area contributed by atoms with Gasteiger partial charge in [-0.15, -0.1) is 12.4 Å². The van der Waals surface area contributed by atoms with E-state index in [0.717, 1.165) is 11.4 Å². The van der Waals surface area contributed by atoms with Gasteiger partial charge in [0.15, 0.2) is 0 Å². The number of halogens is 1. The second-order valence-corrected chi connectivity index (χ2v) is 5.01. The van der Waals surface area contributed by atoms with E-state index >= 15 is 0 Å². The van der Waals surface area contributed by atoms with Crippen LogP contribution in [0, 0.1) is 0 Å². The average molecular weight is 324 g/mol. The summed E-state index contributed by atoms with van der Waals surface area (Å²) in [5, 5.41) is 2.88. The molecular formula is C16H22ClN3O2. The van der Waals surface area contributed by atoms with Crippen LogP contribution in [-0.4, -0.2) is 23.6 Å². The summed E-state index contributed by atoms with van der Waals surface area (Å²) in [6.45, 7) is 5.04. The molecule has 0 radical (unpaired) electrons. The van der Waals surface area contributed by atoms with Gasteiger partial charge in [0.2, 0.25) is 0 Å². The van der Waals surface area contributed by atoms with Crippen molar-refractivity contribution in [3.63, 3.8) is 0 Å². The van der Waals surface area contributed by atoms with Gasteiger partial charge in [-0.1, -0.05) is 0 Å². The molecule has 5 nitrogen and oxygen atoms in total. The highest BCUT2D eigenvalue weighted by atomic mass is 35.5. The van der Waals surface area contributed by atoms with Gasteiger partial charge in [-0.25, -0.2) is 0 Å². The highest BCUT2D eigenvalue weighted by Crippen LogP contribution is 2.17. The van der Waals surface area contributed by atoms with Crippen LogP contribution < -0.4 is 15.8 Å². The Bertz CT molecular complexity index is 594. The van der Waals surface area contributed by atoms with Crippen molar-refractivity contribution >= 4 is 24.0 Å². The lowest BCUT2D eigenvalue weighted by molar-refractivity contribution is 0.101. The summed E-state index contributed by atoms with van der Waals surface area (Å²) < 4.78 is 7.33. The zero-order valence-electron chi connectivity index (χ0n) is 12.8. The molecule has 0 fully saturated rings. The molecule has 1 aromatic heterocycles. The molecule has 2 aromatic rings. The van der Waals surface area contributed by atoms with Crippen LogP contribution in [0.2, 0.25) is 0 Å². The summed E-state index contributed by atoms with van der Waals surface area (Å²) in [4.78, 5) is 12.3. The summed E-state index contributed by atoms with van der Waals surface area (Å²) >= 11 is 0. The highest BCUT2D eigenvalue weighted by Gasteiger charge is 2.12. The van der Waals surface area contributed by atoms with Gasteiger partial charge in [-0.2, -0.15) is 0 Å². The van der Waals surface area contributed by atoms with E-state index < -0.39 is 0 Å². The van der Waals surface area contributed by atoms with Crippen LogP contribution in [0.15, 0.2) is 42.6 Å². The maximum Gasteiger partial charge on any atom is 0.272 e. The zero-order valence-corrected chi connectivity index (χ0v) is 13.6. The van der Waals surface area contributed by atoms with E-state index in [1.807, 2.05) is 61.0 Å². The van der Waals surface area contributed by atoms with Crippen LogP contribution in [0.5, 0.6) is 5.75 Å². The summed E-state index contributed by atoms with van der Waals surface area (Å²) in [6, 6.07) is 11.2. The summed E-state index contributed by atoms with van der Waals surface area (Å²) in [5.74, 6) is 0.619. The molecule has 0 atom stereocenters. The fraction of sp³-hybridized carbons (Fsp3) is 0.312. The molecule has 1 amide bonds. The highest BCUT2D eigenvalue weighted by molar-refractivity contribution is 6.03. The monoisotopic (exact) mass is 323 g/mol. The van der Waals surface area contributed by atoms with Crippen LogP contribution in [0.4, 0.5) is 5.69 Å². The predicted octanol–water partition coefficient (Wildman–Crippen LogP) is 3.08. The molecule has 0 saturated carbocycles. The normalized spacial score (nSPS) is 10.2. The summed E-state index contributed by atoms with van der Waals surface area (Å²) in [7, 11) is 0. The second-order valence-electron chi connectivity index (χ2n) is 5.01. The number of benzene rings is 1. The first kappa shape index (κ1) is 18.1. The van der Waals surface area contributed by atoms with E-state index in [4.69, 9.17) is 10.5 Å². The Morgan fingerprint density at radius 1 is 1.27 bits per heavy atom. The molecule has 0 saturated heterocycles. The van der Waals surface area contributed by atoms with E-state index in [2.05, 4.69) is 5.32 Å². The Morgan fingerprint density at radius 2 is 1.95 bits per heavy atom. The fourth-order valence-electron chi connectivity index (χ4n) is 2.04. The van der Waals surface area contributed by atoms with Gasteiger partial charge < -0.3 is 20.4 Å². The van der Waals surface area contributed by atoms with Gasteiger partial charge in [0.05, 0.1) is 0 Å². The number of amides is 1. The molecule has 0 bridgehead atoms. The number of anilines is 1. The topological polar surface area (TPSA) is 69.3 Å².